The van der Waals surface area contributed by atoms with Crippen LogP contribution in [0.3, 0.4) is 0 Å². The van der Waals surface area contributed by atoms with Gasteiger partial charge in [-0.1, -0.05) is 13.8 Å². The molecule has 0 N–H and O–H groups in total. The van der Waals surface area contributed by atoms with E-state index in [9.17, 15) is 61.1 Å². The maximum atomic E-state index is 13.8. The number of rotatable bonds is 7. The Hall–Kier alpha value is -2.89. The molecule has 240 valence electrons. The molecular formula is C25H25F9N2O5S2. The van der Waals surface area contributed by atoms with E-state index >= 15 is 0 Å². The number of sulfone groups is 2. The van der Waals surface area contributed by atoms with Gasteiger partial charge in [-0.2, -0.15) is 39.5 Å². The number of carbonyl (C=O) groups excluding carboxylic acids is 1. The van der Waals surface area contributed by atoms with Crippen molar-refractivity contribution < 1.29 is 61.1 Å². The highest BCUT2D eigenvalue weighted by atomic mass is 32.2. The summed E-state index contributed by atoms with van der Waals surface area (Å²) in [5, 5.41) is 0. The van der Waals surface area contributed by atoms with Gasteiger partial charge in [0.15, 0.2) is 25.4 Å². The van der Waals surface area contributed by atoms with Gasteiger partial charge in [-0.05, 0) is 48.4 Å². The SMILES string of the molecule is CC(C)(CS(=O)(=O)c1cncc(C(F)(F)F)c1)C1CCN(C(=O)c2ccc(S(=O)(=O)CC(F)(F)F)cc2C(F)(F)F)CC1. The molecule has 0 unspecified atom stereocenters. The van der Waals surface area contributed by atoms with E-state index in [1.54, 1.807) is 13.8 Å². The number of hydrogen-bond donors (Lipinski definition) is 0. The lowest BCUT2D eigenvalue weighted by molar-refractivity contribution is -0.138. The van der Waals surface area contributed by atoms with Crippen molar-refractivity contribution in [2.24, 2.45) is 11.3 Å². The van der Waals surface area contributed by atoms with Crippen molar-refractivity contribution in [3.8, 4) is 0 Å². The average molecular weight is 669 g/mol. The van der Waals surface area contributed by atoms with Crippen LogP contribution in [0.15, 0.2) is 46.5 Å². The van der Waals surface area contributed by atoms with E-state index in [0.717, 1.165) is 11.1 Å². The second-order valence-corrected chi connectivity index (χ2v) is 14.8. The molecule has 0 saturated carbocycles. The Labute approximate surface area is 240 Å². The fourth-order valence-corrected chi connectivity index (χ4v) is 7.99. The van der Waals surface area contributed by atoms with Crippen molar-refractivity contribution in [2.75, 3.05) is 24.6 Å². The summed E-state index contributed by atoms with van der Waals surface area (Å²) in [5.74, 6) is -4.57. The summed E-state index contributed by atoms with van der Waals surface area (Å²) in [6, 6.07) is 1.45. The number of likely N-dealkylation sites (tertiary alicyclic amines) is 1. The van der Waals surface area contributed by atoms with Crippen LogP contribution in [0.2, 0.25) is 0 Å². The molecule has 18 heteroatoms. The van der Waals surface area contributed by atoms with Crippen LogP contribution in [0, 0.1) is 11.3 Å². The van der Waals surface area contributed by atoms with E-state index in [0.29, 0.717) is 24.4 Å². The molecule has 1 saturated heterocycles. The van der Waals surface area contributed by atoms with Gasteiger partial charge in [-0.3, -0.25) is 9.78 Å². The number of amides is 1. The number of nitrogens with zero attached hydrogens (tertiary/aromatic N) is 2. The number of aromatic nitrogens is 1. The number of pyridine rings is 1. The van der Waals surface area contributed by atoms with Crippen molar-refractivity contribution in [1.29, 1.82) is 0 Å². The molecule has 7 nitrogen and oxygen atoms in total. The molecule has 1 fully saturated rings. The van der Waals surface area contributed by atoms with Gasteiger partial charge < -0.3 is 4.90 Å². The summed E-state index contributed by atoms with van der Waals surface area (Å²) >= 11 is 0. The molecule has 0 aliphatic carbocycles. The van der Waals surface area contributed by atoms with Crippen LogP contribution >= 0.6 is 0 Å². The summed E-state index contributed by atoms with van der Waals surface area (Å²) in [7, 11) is -9.46. The van der Waals surface area contributed by atoms with Crippen LogP contribution in [0.4, 0.5) is 39.5 Å². The molecule has 2 heterocycles. The van der Waals surface area contributed by atoms with Crippen molar-refractivity contribution >= 4 is 25.6 Å². The number of hydrogen-bond acceptors (Lipinski definition) is 6. The van der Waals surface area contributed by atoms with Crippen molar-refractivity contribution in [3.63, 3.8) is 0 Å². The lowest BCUT2D eigenvalue weighted by Crippen LogP contribution is -2.44. The summed E-state index contributed by atoms with van der Waals surface area (Å²) in [6.45, 7) is 2.80. The van der Waals surface area contributed by atoms with Crippen molar-refractivity contribution in [3.05, 3.63) is 53.3 Å². The summed E-state index contributed by atoms with van der Waals surface area (Å²) in [6.07, 6.45) is -13.8. The molecule has 1 aromatic carbocycles. The molecule has 0 radical (unpaired) electrons. The summed E-state index contributed by atoms with van der Waals surface area (Å²) < 4.78 is 168. The van der Waals surface area contributed by atoms with E-state index in [-0.39, 0.29) is 32.0 Å². The van der Waals surface area contributed by atoms with Crippen LogP contribution in [0.25, 0.3) is 0 Å². The third kappa shape index (κ3) is 8.39. The molecule has 43 heavy (non-hydrogen) atoms. The highest BCUT2D eigenvalue weighted by molar-refractivity contribution is 7.91. The first-order valence-electron chi connectivity index (χ1n) is 12.4. The highest BCUT2D eigenvalue weighted by Crippen LogP contribution is 2.40. The maximum Gasteiger partial charge on any atom is 0.417 e. The number of halogens is 9. The first-order chi connectivity index (χ1) is 19.3. The van der Waals surface area contributed by atoms with Gasteiger partial charge in [0.05, 0.1) is 32.2 Å². The quantitative estimate of drug-likeness (QED) is 0.346. The standard InChI is InChI=1S/C25H25F9N2O5S2/c1-22(2,13-42(38,39)18-9-16(11-35-12-18)24(29,30)31)15-5-7-36(8-6-15)21(37)19-4-3-17(10-20(19)25(32,33)34)43(40,41)14-23(26,27)28/h3-4,9-12,15H,5-8,13-14H2,1-2H3. The third-order valence-electron chi connectivity index (χ3n) is 7.09. The number of benzene rings is 1. The highest BCUT2D eigenvalue weighted by Gasteiger charge is 2.42. The van der Waals surface area contributed by atoms with Gasteiger partial charge in [0.25, 0.3) is 5.91 Å². The van der Waals surface area contributed by atoms with Crippen molar-refractivity contribution in [2.45, 2.75) is 55.0 Å². The Kier molecular flexibility index (Phi) is 9.30. The zero-order valence-corrected chi connectivity index (χ0v) is 24.1. The lowest BCUT2D eigenvalue weighted by Gasteiger charge is -2.40. The molecule has 1 aliphatic rings. The predicted molar refractivity (Wildman–Crippen MR) is 133 cm³/mol. The largest absolute Gasteiger partial charge is 0.417 e. The zero-order valence-electron chi connectivity index (χ0n) is 22.4. The Morgan fingerprint density at radius 2 is 1.37 bits per heavy atom. The number of piperidine rings is 1. The molecule has 1 amide bonds. The summed E-state index contributed by atoms with van der Waals surface area (Å²) in [5.41, 5.74) is -5.00. The first-order valence-corrected chi connectivity index (χ1v) is 15.7. The van der Waals surface area contributed by atoms with Gasteiger partial charge >= 0.3 is 18.5 Å². The monoisotopic (exact) mass is 668 g/mol. The van der Waals surface area contributed by atoms with Gasteiger partial charge in [0, 0.05) is 25.5 Å². The fourth-order valence-electron chi connectivity index (χ4n) is 4.91. The van der Waals surface area contributed by atoms with Crippen LogP contribution in [0.5, 0.6) is 0 Å². The zero-order chi connectivity index (χ0) is 32.8. The minimum absolute atomic E-state index is 0.0162. The second kappa shape index (κ2) is 11.6. The molecule has 1 aliphatic heterocycles. The number of carbonyl (C=O) groups is 1. The van der Waals surface area contributed by atoms with Gasteiger partial charge in [-0.15, -0.1) is 0 Å². The normalized spacial score (nSPS) is 16.4. The Bertz CT molecular complexity index is 1580. The van der Waals surface area contributed by atoms with Crippen LogP contribution in [-0.2, 0) is 32.0 Å². The van der Waals surface area contributed by atoms with E-state index in [1.807, 2.05) is 0 Å². The van der Waals surface area contributed by atoms with Gasteiger partial charge in [0.2, 0.25) is 0 Å². The lowest BCUT2D eigenvalue weighted by atomic mass is 9.75. The van der Waals surface area contributed by atoms with E-state index in [4.69, 9.17) is 0 Å². The Morgan fingerprint density at radius 3 is 1.88 bits per heavy atom. The van der Waals surface area contributed by atoms with Gasteiger partial charge in [0.1, 0.15) is 0 Å². The molecule has 2 aromatic rings. The smallest absolute Gasteiger partial charge is 0.339 e. The molecule has 3 rings (SSSR count). The van der Waals surface area contributed by atoms with Crippen LogP contribution in [-0.4, -0.2) is 63.4 Å². The Balaban J connectivity index is 1.78. The summed E-state index contributed by atoms with van der Waals surface area (Å²) in [4.78, 5) is 15.5. The van der Waals surface area contributed by atoms with Crippen molar-refractivity contribution in [1.82, 2.24) is 9.88 Å². The maximum absolute atomic E-state index is 13.8. The molecule has 0 spiro atoms. The third-order valence-corrected chi connectivity index (χ3v) is 10.8. The second-order valence-electron chi connectivity index (χ2n) is 10.8. The Morgan fingerprint density at radius 1 is 0.814 bits per heavy atom. The molecular weight excluding hydrogens is 643 g/mol. The predicted octanol–water partition coefficient (Wildman–Crippen LogP) is 5.81. The average Bonchev–Trinajstić information content (AvgIpc) is 2.85. The topological polar surface area (TPSA) is 101 Å². The molecule has 1 aromatic heterocycles. The fraction of sp³-hybridized carbons (Fsp3) is 0.520. The minimum Gasteiger partial charge on any atom is -0.339 e. The van der Waals surface area contributed by atoms with E-state index in [2.05, 4.69) is 4.98 Å². The molecule has 0 atom stereocenters. The van der Waals surface area contributed by atoms with E-state index in [1.165, 1.54) is 0 Å². The van der Waals surface area contributed by atoms with E-state index < -0.39 is 93.4 Å². The first kappa shape index (κ1) is 34.6. The van der Waals surface area contributed by atoms with Crippen LogP contribution in [0.1, 0.15) is 48.2 Å². The number of alkyl halides is 9. The minimum atomic E-state index is -5.29. The van der Waals surface area contributed by atoms with Gasteiger partial charge in [-0.25, -0.2) is 16.8 Å². The van der Waals surface area contributed by atoms with Crippen LogP contribution < -0.4 is 0 Å². The molecule has 0 bridgehead atoms.